The van der Waals surface area contributed by atoms with Crippen LogP contribution < -0.4 is 0 Å². The van der Waals surface area contributed by atoms with Gasteiger partial charge in [0.1, 0.15) is 0 Å². The SMILES string of the molecule is [CH2]Cc1ccc2sccc2c1. The summed E-state index contributed by atoms with van der Waals surface area (Å²) in [5, 5.41) is 3.47. The van der Waals surface area contributed by atoms with Gasteiger partial charge in [-0.1, -0.05) is 12.1 Å². The van der Waals surface area contributed by atoms with E-state index in [0.29, 0.717) is 0 Å². The number of thiophene rings is 1. The highest BCUT2D eigenvalue weighted by molar-refractivity contribution is 7.17. The molecule has 1 aromatic carbocycles. The lowest BCUT2D eigenvalue weighted by Crippen LogP contribution is -1.76. The first-order chi connectivity index (χ1) is 5.40. The minimum atomic E-state index is 0.881. The second-order valence-corrected chi connectivity index (χ2v) is 3.49. The van der Waals surface area contributed by atoms with Crippen LogP contribution in [0.2, 0.25) is 0 Å². The molecule has 0 fully saturated rings. The van der Waals surface area contributed by atoms with Gasteiger partial charge in [-0.2, -0.15) is 0 Å². The van der Waals surface area contributed by atoms with Gasteiger partial charge in [-0.3, -0.25) is 0 Å². The number of hydrogen-bond acceptors (Lipinski definition) is 1. The Bertz CT molecular complexity index is 360. The third kappa shape index (κ3) is 1.16. The number of fused-ring (bicyclic) bond motifs is 1. The van der Waals surface area contributed by atoms with E-state index in [4.69, 9.17) is 0 Å². The second kappa shape index (κ2) is 2.67. The molecule has 2 aromatic rings. The Hall–Kier alpha value is -0.820. The van der Waals surface area contributed by atoms with Crippen LogP contribution in [0.3, 0.4) is 0 Å². The minimum absolute atomic E-state index is 0.881. The predicted molar refractivity (Wildman–Crippen MR) is 50.9 cm³/mol. The second-order valence-electron chi connectivity index (χ2n) is 2.54. The number of rotatable bonds is 1. The van der Waals surface area contributed by atoms with Crippen LogP contribution in [0.25, 0.3) is 10.1 Å². The van der Waals surface area contributed by atoms with E-state index >= 15 is 0 Å². The van der Waals surface area contributed by atoms with E-state index < -0.39 is 0 Å². The molecule has 0 nitrogen and oxygen atoms in total. The summed E-state index contributed by atoms with van der Waals surface area (Å²) in [4.78, 5) is 0. The van der Waals surface area contributed by atoms with Crippen molar-refractivity contribution in [3.8, 4) is 0 Å². The van der Waals surface area contributed by atoms with Crippen molar-refractivity contribution >= 4 is 21.4 Å². The van der Waals surface area contributed by atoms with Crippen molar-refractivity contribution in [1.29, 1.82) is 0 Å². The molecule has 0 unspecified atom stereocenters. The molecule has 55 valence electrons. The molecule has 1 heteroatoms. The number of hydrogen-bond donors (Lipinski definition) is 0. The zero-order valence-electron chi connectivity index (χ0n) is 6.21. The summed E-state index contributed by atoms with van der Waals surface area (Å²) in [6.45, 7) is 3.85. The maximum absolute atomic E-state index is 3.85. The molecule has 0 amide bonds. The van der Waals surface area contributed by atoms with Crippen LogP contribution in [-0.2, 0) is 6.42 Å². The summed E-state index contributed by atoms with van der Waals surface area (Å²) < 4.78 is 1.36. The van der Waals surface area contributed by atoms with Gasteiger partial charge in [0.2, 0.25) is 0 Å². The fourth-order valence-electron chi connectivity index (χ4n) is 1.17. The highest BCUT2D eigenvalue weighted by atomic mass is 32.1. The smallest absolute Gasteiger partial charge is 0.0342 e. The zero-order valence-corrected chi connectivity index (χ0v) is 7.03. The Labute approximate surface area is 70.5 Å². The Morgan fingerprint density at radius 3 is 3.00 bits per heavy atom. The van der Waals surface area contributed by atoms with Gasteiger partial charge in [-0.05, 0) is 41.8 Å². The van der Waals surface area contributed by atoms with E-state index in [1.807, 2.05) is 0 Å². The quantitative estimate of drug-likeness (QED) is 0.602. The van der Waals surface area contributed by atoms with Crippen molar-refractivity contribution < 1.29 is 0 Å². The van der Waals surface area contributed by atoms with Crippen LogP contribution in [0, 0.1) is 6.92 Å². The monoisotopic (exact) mass is 161 g/mol. The largest absolute Gasteiger partial charge is 0.144 e. The van der Waals surface area contributed by atoms with Crippen LogP contribution in [-0.4, -0.2) is 0 Å². The lowest BCUT2D eigenvalue weighted by atomic mass is 10.1. The minimum Gasteiger partial charge on any atom is -0.144 e. The van der Waals surface area contributed by atoms with Crippen molar-refractivity contribution in [3.63, 3.8) is 0 Å². The summed E-state index contributed by atoms with van der Waals surface area (Å²) in [6.07, 6.45) is 0.881. The average molecular weight is 161 g/mol. The predicted octanol–water partition coefficient (Wildman–Crippen LogP) is 3.28. The van der Waals surface area contributed by atoms with Crippen molar-refractivity contribution in [2.45, 2.75) is 6.42 Å². The molecular weight excluding hydrogens is 152 g/mol. The lowest BCUT2D eigenvalue weighted by molar-refractivity contribution is 1.29. The van der Waals surface area contributed by atoms with Crippen LogP contribution in [0.5, 0.6) is 0 Å². The molecular formula is C10H9S. The van der Waals surface area contributed by atoms with Crippen LogP contribution in [0.1, 0.15) is 5.56 Å². The van der Waals surface area contributed by atoms with Crippen molar-refractivity contribution in [3.05, 3.63) is 42.1 Å². The third-order valence-corrected chi connectivity index (χ3v) is 2.70. The van der Waals surface area contributed by atoms with E-state index in [9.17, 15) is 0 Å². The van der Waals surface area contributed by atoms with E-state index in [2.05, 4.69) is 36.6 Å². The van der Waals surface area contributed by atoms with E-state index in [0.717, 1.165) is 6.42 Å². The van der Waals surface area contributed by atoms with Crippen molar-refractivity contribution in [2.75, 3.05) is 0 Å². The molecule has 0 aliphatic rings. The summed E-state index contributed by atoms with van der Waals surface area (Å²) in [7, 11) is 0. The van der Waals surface area contributed by atoms with Gasteiger partial charge in [-0.25, -0.2) is 0 Å². The Morgan fingerprint density at radius 2 is 2.18 bits per heavy atom. The molecule has 0 saturated carbocycles. The maximum atomic E-state index is 3.85. The molecule has 0 atom stereocenters. The molecule has 1 aromatic heterocycles. The molecule has 0 aliphatic heterocycles. The van der Waals surface area contributed by atoms with Gasteiger partial charge in [0.25, 0.3) is 0 Å². The molecule has 0 spiro atoms. The van der Waals surface area contributed by atoms with Crippen LogP contribution in [0.15, 0.2) is 29.6 Å². The Balaban J connectivity index is 2.67. The molecule has 2 rings (SSSR count). The zero-order chi connectivity index (χ0) is 7.68. The van der Waals surface area contributed by atoms with Gasteiger partial charge in [-0.15, -0.1) is 11.3 Å². The van der Waals surface area contributed by atoms with Gasteiger partial charge in [0, 0.05) is 4.70 Å². The molecule has 11 heavy (non-hydrogen) atoms. The topological polar surface area (TPSA) is 0 Å². The Morgan fingerprint density at radius 1 is 1.27 bits per heavy atom. The van der Waals surface area contributed by atoms with Gasteiger partial charge in [0.15, 0.2) is 0 Å². The summed E-state index contributed by atoms with van der Waals surface area (Å²) in [6, 6.07) is 8.67. The first-order valence-electron chi connectivity index (χ1n) is 3.65. The van der Waals surface area contributed by atoms with E-state index in [1.54, 1.807) is 11.3 Å². The van der Waals surface area contributed by atoms with Gasteiger partial charge in [0.05, 0.1) is 0 Å². The lowest BCUT2D eigenvalue weighted by Gasteiger charge is -1.94. The van der Waals surface area contributed by atoms with Gasteiger partial charge < -0.3 is 0 Å². The summed E-state index contributed by atoms with van der Waals surface area (Å²) in [5.41, 5.74) is 1.32. The first-order valence-corrected chi connectivity index (χ1v) is 4.53. The highest BCUT2D eigenvalue weighted by Crippen LogP contribution is 2.21. The van der Waals surface area contributed by atoms with Crippen LogP contribution in [0.4, 0.5) is 0 Å². The molecule has 0 saturated heterocycles. The van der Waals surface area contributed by atoms with Crippen molar-refractivity contribution in [1.82, 2.24) is 0 Å². The molecule has 0 N–H and O–H groups in total. The normalized spacial score (nSPS) is 10.6. The summed E-state index contributed by atoms with van der Waals surface area (Å²) in [5.74, 6) is 0. The third-order valence-electron chi connectivity index (χ3n) is 1.81. The van der Waals surface area contributed by atoms with E-state index in [-0.39, 0.29) is 0 Å². The fourth-order valence-corrected chi connectivity index (χ4v) is 1.94. The van der Waals surface area contributed by atoms with Crippen LogP contribution >= 0.6 is 11.3 Å². The fraction of sp³-hybridized carbons (Fsp3) is 0.100. The molecule has 1 radical (unpaired) electrons. The molecule has 0 aliphatic carbocycles. The van der Waals surface area contributed by atoms with Crippen molar-refractivity contribution in [2.24, 2.45) is 0 Å². The molecule has 1 heterocycles. The highest BCUT2D eigenvalue weighted by Gasteiger charge is 1.94. The summed E-state index contributed by atoms with van der Waals surface area (Å²) >= 11 is 1.79. The first kappa shape index (κ1) is 6.86. The standard InChI is InChI=1S/C10H9S/c1-2-8-3-4-10-9(7-8)5-6-11-10/h3-7H,1-2H2. The van der Waals surface area contributed by atoms with E-state index in [1.165, 1.54) is 15.6 Å². The molecule has 0 bridgehead atoms. The average Bonchev–Trinajstić information content (AvgIpc) is 2.50. The maximum Gasteiger partial charge on any atom is 0.0342 e. The Kier molecular flexibility index (Phi) is 1.66. The van der Waals surface area contributed by atoms with Gasteiger partial charge >= 0.3 is 0 Å². The number of benzene rings is 1.